The molecule has 46 valence electrons. The average molecular weight is 122 g/mol. The lowest BCUT2D eigenvalue weighted by molar-refractivity contribution is 0.329. The quantitative estimate of drug-likeness (QED) is 0.567. The zero-order valence-electron chi connectivity index (χ0n) is 4.79. The summed E-state index contributed by atoms with van der Waals surface area (Å²) in [4.78, 5) is 0. The Bertz CT molecular complexity index is 229. The molecular weight excluding hydrogens is 116 g/mol. The molecule has 1 heterocycles. The van der Waals surface area contributed by atoms with Gasteiger partial charge >= 0.3 is 0 Å². The summed E-state index contributed by atoms with van der Waals surface area (Å²) in [5.74, 6) is 2.31. The minimum absolute atomic E-state index is 0.0760. The normalized spacial score (nSPS) is 8.78. The van der Waals surface area contributed by atoms with Crippen LogP contribution in [0, 0.1) is 12.3 Å². The van der Waals surface area contributed by atoms with Crippen LogP contribution in [0.25, 0.3) is 0 Å². The van der Waals surface area contributed by atoms with Crippen molar-refractivity contribution in [1.29, 1.82) is 0 Å². The minimum Gasteiger partial charge on any atom is -0.480 e. The van der Waals surface area contributed by atoms with Gasteiger partial charge in [0.1, 0.15) is 0 Å². The van der Waals surface area contributed by atoms with Crippen LogP contribution in [0.4, 0.5) is 0 Å². The van der Waals surface area contributed by atoms with Crippen LogP contribution in [0.15, 0.2) is 16.7 Å². The molecule has 0 saturated heterocycles. The summed E-state index contributed by atoms with van der Waals surface area (Å²) in [6.07, 6.45) is 6.81. The molecule has 0 saturated carbocycles. The molecule has 0 fully saturated rings. The van der Waals surface area contributed by atoms with E-state index in [9.17, 15) is 0 Å². The van der Waals surface area contributed by atoms with Gasteiger partial charge in [-0.25, -0.2) is 0 Å². The second-order valence-electron chi connectivity index (χ2n) is 1.63. The maximum absolute atomic E-state index is 8.82. The molecule has 2 nitrogen and oxygen atoms in total. The smallest absolute Gasteiger partial charge is 0.286 e. The molecular formula is C7H6O2. The van der Waals surface area contributed by atoms with Gasteiger partial charge in [-0.3, -0.25) is 0 Å². The molecule has 1 aromatic heterocycles. The van der Waals surface area contributed by atoms with E-state index in [1.54, 1.807) is 6.07 Å². The van der Waals surface area contributed by atoms with Gasteiger partial charge in [-0.05, 0) is 6.07 Å². The van der Waals surface area contributed by atoms with E-state index in [0.717, 1.165) is 0 Å². The van der Waals surface area contributed by atoms with E-state index in [1.165, 1.54) is 6.26 Å². The molecule has 1 N–H and O–H groups in total. The Kier molecular flexibility index (Phi) is 1.46. The van der Waals surface area contributed by atoms with Gasteiger partial charge in [0, 0.05) is 12.0 Å². The molecule has 2 heteroatoms. The third-order valence-electron chi connectivity index (χ3n) is 1.02. The van der Waals surface area contributed by atoms with Crippen molar-refractivity contribution in [3.8, 4) is 18.3 Å². The molecule has 0 unspecified atom stereocenters. The largest absolute Gasteiger partial charge is 0.480 e. The van der Waals surface area contributed by atoms with Crippen molar-refractivity contribution in [2.45, 2.75) is 6.42 Å². The molecule has 0 spiro atoms. The van der Waals surface area contributed by atoms with Gasteiger partial charge < -0.3 is 9.52 Å². The van der Waals surface area contributed by atoms with E-state index < -0.39 is 0 Å². The number of hydrogen-bond acceptors (Lipinski definition) is 2. The summed E-state index contributed by atoms with van der Waals surface area (Å²) in [6, 6.07) is 1.65. The average Bonchev–Trinajstić information content (AvgIpc) is 2.18. The number of hydrogen-bond donors (Lipinski definition) is 1. The van der Waals surface area contributed by atoms with E-state index in [2.05, 4.69) is 10.3 Å². The summed E-state index contributed by atoms with van der Waals surface area (Å²) < 4.78 is 4.58. The predicted octanol–water partition coefficient (Wildman–Crippen LogP) is 1.16. The van der Waals surface area contributed by atoms with Crippen LogP contribution in [0.3, 0.4) is 0 Å². The first-order valence-corrected chi connectivity index (χ1v) is 2.53. The van der Waals surface area contributed by atoms with Crippen LogP contribution in [-0.4, -0.2) is 5.11 Å². The van der Waals surface area contributed by atoms with Crippen molar-refractivity contribution in [2.75, 3.05) is 0 Å². The second-order valence-corrected chi connectivity index (χ2v) is 1.63. The van der Waals surface area contributed by atoms with E-state index in [4.69, 9.17) is 11.5 Å². The third kappa shape index (κ3) is 1.06. The highest BCUT2D eigenvalue weighted by Gasteiger charge is 1.99. The Balaban J connectivity index is 2.84. The van der Waals surface area contributed by atoms with Gasteiger partial charge in [0.15, 0.2) is 0 Å². The summed E-state index contributed by atoms with van der Waals surface area (Å²) in [7, 11) is 0. The Morgan fingerprint density at radius 1 is 1.78 bits per heavy atom. The van der Waals surface area contributed by atoms with Gasteiger partial charge in [0.2, 0.25) is 0 Å². The van der Waals surface area contributed by atoms with Crippen molar-refractivity contribution < 1.29 is 9.52 Å². The van der Waals surface area contributed by atoms with Crippen molar-refractivity contribution >= 4 is 0 Å². The molecule has 0 amide bonds. The molecule has 0 aliphatic rings. The fraction of sp³-hybridized carbons (Fsp3) is 0.143. The first-order valence-electron chi connectivity index (χ1n) is 2.53. The summed E-state index contributed by atoms with van der Waals surface area (Å²) in [5, 5.41) is 8.82. The van der Waals surface area contributed by atoms with E-state index >= 15 is 0 Å². The highest BCUT2D eigenvalue weighted by atomic mass is 16.5. The van der Waals surface area contributed by atoms with E-state index in [0.29, 0.717) is 12.0 Å². The molecule has 0 aliphatic heterocycles. The molecule has 9 heavy (non-hydrogen) atoms. The SMILES string of the molecule is C#CCc1ccoc1O. The van der Waals surface area contributed by atoms with Crippen LogP contribution in [0.2, 0.25) is 0 Å². The summed E-state index contributed by atoms with van der Waals surface area (Å²) in [5.41, 5.74) is 0.664. The number of rotatable bonds is 1. The zero-order chi connectivity index (χ0) is 6.69. The lowest BCUT2D eigenvalue weighted by Gasteiger charge is -1.84. The first kappa shape index (κ1) is 5.77. The topological polar surface area (TPSA) is 33.4 Å². The monoisotopic (exact) mass is 122 g/mol. The van der Waals surface area contributed by atoms with E-state index in [1.807, 2.05) is 0 Å². The molecule has 0 aromatic carbocycles. The Labute approximate surface area is 53.1 Å². The van der Waals surface area contributed by atoms with Gasteiger partial charge in [-0.2, -0.15) is 0 Å². The van der Waals surface area contributed by atoms with Crippen LogP contribution in [0.5, 0.6) is 5.95 Å². The molecule has 0 atom stereocenters. The van der Waals surface area contributed by atoms with Crippen LogP contribution in [-0.2, 0) is 6.42 Å². The highest BCUT2D eigenvalue weighted by Crippen LogP contribution is 2.16. The minimum atomic E-state index is -0.0760. The van der Waals surface area contributed by atoms with Crippen molar-refractivity contribution in [3.05, 3.63) is 17.9 Å². The first-order chi connectivity index (χ1) is 4.34. The zero-order valence-corrected chi connectivity index (χ0v) is 4.79. The van der Waals surface area contributed by atoms with Gasteiger partial charge in [0.05, 0.1) is 6.26 Å². The van der Waals surface area contributed by atoms with Crippen molar-refractivity contribution in [3.63, 3.8) is 0 Å². The van der Waals surface area contributed by atoms with Gasteiger partial charge in [-0.1, -0.05) is 0 Å². The Morgan fingerprint density at radius 2 is 2.56 bits per heavy atom. The number of aromatic hydroxyl groups is 1. The van der Waals surface area contributed by atoms with Gasteiger partial charge in [0.25, 0.3) is 5.95 Å². The second kappa shape index (κ2) is 2.27. The maximum Gasteiger partial charge on any atom is 0.286 e. The van der Waals surface area contributed by atoms with Crippen LogP contribution < -0.4 is 0 Å². The number of furan rings is 1. The standard InChI is InChI=1S/C7H6O2/c1-2-3-6-4-5-9-7(6)8/h1,4-5,8H,3H2. The fourth-order valence-electron chi connectivity index (χ4n) is 0.572. The van der Waals surface area contributed by atoms with Crippen molar-refractivity contribution in [1.82, 2.24) is 0 Å². The Morgan fingerprint density at radius 3 is 3.00 bits per heavy atom. The lowest BCUT2D eigenvalue weighted by atomic mass is 10.2. The predicted molar refractivity (Wildman–Crippen MR) is 32.9 cm³/mol. The lowest BCUT2D eigenvalue weighted by Crippen LogP contribution is -1.73. The van der Waals surface area contributed by atoms with Crippen LogP contribution >= 0.6 is 0 Å². The molecule has 0 bridgehead atoms. The molecule has 1 rings (SSSR count). The Hall–Kier alpha value is -1.36. The summed E-state index contributed by atoms with van der Waals surface area (Å²) in [6.45, 7) is 0. The van der Waals surface area contributed by atoms with Gasteiger partial charge in [-0.15, -0.1) is 12.3 Å². The van der Waals surface area contributed by atoms with Crippen molar-refractivity contribution in [2.24, 2.45) is 0 Å². The maximum atomic E-state index is 8.82. The molecule has 0 radical (unpaired) electrons. The highest BCUT2D eigenvalue weighted by molar-refractivity contribution is 5.24. The van der Waals surface area contributed by atoms with Crippen LogP contribution in [0.1, 0.15) is 5.56 Å². The van der Waals surface area contributed by atoms with E-state index in [-0.39, 0.29) is 5.95 Å². The third-order valence-corrected chi connectivity index (χ3v) is 1.02. The number of terminal acetylenes is 1. The molecule has 1 aromatic rings. The fourth-order valence-corrected chi connectivity index (χ4v) is 0.572. The summed E-state index contributed by atoms with van der Waals surface area (Å²) >= 11 is 0. The molecule has 0 aliphatic carbocycles.